The average Bonchev–Trinajstić information content (AvgIpc) is 2.73. The fourth-order valence-corrected chi connectivity index (χ4v) is 6.04. The van der Waals surface area contributed by atoms with Gasteiger partial charge in [0.25, 0.3) is 0 Å². The van der Waals surface area contributed by atoms with Gasteiger partial charge in [0.05, 0.1) is 31.2 Å². The molecule has 4 nitrogen and oxygen atoms in total. The summed E-state index contributed by atoms with van der Waals surface area (Å²) in [7, 11) is -2.02. The van der Waals surface area contributed by atoms with Crippen molar-refractivity contribution in [2.75, 3.05) is 6.61 Å². The Labute approximate surface area is 215 Å². The third-order valence-electron chi connectivity index (χ3n) is 7.52. The van der Waals surface area contributed by atoms with Crippen molar-refractivity contribution in [1.82, 2.24) is 4.90 Å². The van der Waals surface area contributed by atoms with Crippen LogP contribution < -0.4 is 0 Å². The SMILES string of the molecule is CC(O)c1cccc2c1C[C@H](CO[Si](C)(C)C(C)(C)C)N(C(=O)Cc1c(Cl)cccc1Cl)[C@H]2C. The van der Waals surface area contributed by atoms with Crippen molar-refractivity contribution in [3.63, 3.8) is 0 Å². The van der Waals surface area contributed by atoms with Gasteiger partial charge < -0.3 is 14.4 Å². The third-order valence-corrected chi connectivity index (χ3v) is 12.7. The lowest BCUT2D eigenvalue weighted by Crippen LogP contribution is -2.52. The second kappa shape index (κ2) is 10.3. The molecule has 7 heteroatoms. The summed E-state index contributed by atoms with van der Waals surface area (Å²) in [5, 5.41) is 11.5. The lowest BCUT2D eigenvalue weighted by Gasteiger charge is -2.45. The lowest BCUT2D eigenvalue weighted by atomic mass is 9.84. The zero-order valence-electron chi connectivity index (χ0n) is 21.3. The van der Waals surface area contributed by atoms with Crippen LogP contribution in [0.15, 0.2) is 36.4 Å². The molecule has 0 aliphatic carbocycles. The first kappa shape index (κ1) is 27.2. The van der Waals surface area contributed by atoms with Gasteiger partial charge in [-0.2, -0.15) is 0 Å². The van der Waals surface area contributed by atoms with Gasteiger partial charge in [-0.15, -0.1) is 0 Å². The zero-order valence-corrected chi connectivity index (χ0v) is 23.8. The lowest BCUT2D eigenvalue weighted by molar-refractivity contribution is -0.137. The molecular weight excluding hydrogens is 485 g/mol. The van der Waals surface area contributed by atoms with Gasteiger partial charge >= 0.3 is 0 Å². The van der Waals surface area contributed by atoms with E-state index < -0.39 is 14.4 Å². The minimum atomic E-state index is -2.02. The van der Waals surface area contributed by atoms with Crippen molar-refractivity contribution in [2.45, 2.75) is 83.8 Å². The molecule has 1 amide bonds. The monoisotopic (exact) mass is 521 g/mol. The number of nitrogens with zero attached hydrogens (tertiary/aromatic N) is 1. The second-order valence-electron chi connectivity index (χ2n) is 10.9. The number of carbonyl (C=O) groups excluding carboxylic acids is 1. The van der Waals surface area contributed by atoms with Crippen LogP contribution in [0, 0.1) is 0 Å². The smallest absolute Gasteiger partial charge is 0.227 e. The van der Waals surface area contributed by atoms with Crippen molar-refractivity contribution in [3.8, 4) is 0 Å². The van der Waals surface area contributed by atoms with E-state index in [0.29, 0.717) is 28.6 Å². The summed E-state index contributed by atoms with van der Waals surface area (Å²) >= 11 is 12.8. The van der Waals surface area contributed by atoms with E-state index >= 15 is 0 Å². The number of aliphatic hydroxyl groups excluding tert-OH is 1. The number of benzene rings is 2. The molecule has 0 saturated heterocycles. The van der Waals surface area contributed by atoms with Crippen molar-refractivity contribution in [3.05, 3.63) is 68.7 Å². The van der Waals surface area contributed by atoms with Crippen LogP contribution in [0.3, 0.4) is 0 Å². The Morgan fingerprint density at radius 1 is 1.18 bits per heavy atom. The van der Waals surface area contributed by atoms with Gasteiger partial charge in [-0.05, 0) is 72.8 Å². The van der Waals surface area contributed by atoms with Crippen LogP contribution in [0.25, 0.3) is 0 Å². The summed E-state index contributed by atoms with van der Waals surface area (Å²) in [5.41, 5.74) is 3.76. The Hall–Kier alpha value is -1.37. The van der Waals surface area contributed by atoms with Crippen LogP contribution >= 0.6 is 23.2 Å². The number of aliphatic hydroxyl groups is 1. The summed E-state index contributed by atoms with van der Waals surface area (Å²) in [4.78, 5) is 15.7. The normalized spacial score (nSPS) is 19.6. The quantitative estimate of drug-likeness (QED) is 0.411. The van der Waals surface area contributed by atoms with Gasteiger partial charge in [-0.1, -0.05) is 68.2 Å². The summed E-state index contributed by atoms with van der Waals surface area (Å²) in [6.45, 7) is 15.4. The summed E-state index contributed by atoms with van der Waals surface area (Å²) in [6.07, 6.45) is 0.190. The first-order valence-corrected chi connectivity index (χ1v) is 15.6. The molecule has 0 saturated carbocycles. The summed E-state index contributed by atoms with van der Waals surface area (Å²) in [5.74, 6) is -0.0283. The molecule has 0 radical (unpaired) electrons. The topological polar surface area (TPSA) is 49.8 Å². The van der Waals surface area contributed by atoms with Crippen molar-refractivity contribution >= 4 is 37.4 Å². The second-order valence-corrected chi connectivity index (χ2v) is 16.5. The molecule has 34 heavy (non-hydrogen) atoms. The first-order valence-electron chi connectivity index (χ1n) is 11.9. The molecule has 2 aromatic rings. The van der Waals surface area contributed by atoms with Gasteiger partial charge in [0.15, 0.2) is 8.32 Å². The Balaban J connectivity index is 1.99. The van der Waals surface area contributed by atoms with Crippen LogP contribution in [-0.4, -0.2) is 36.9 Å². The number of amides is 1. The van der Waals surface area contributed by atoms with E-state index in [2.05, 4.69) is 46.9 Å². The molecular formula is C27H37Cl2NO3Si. The van der Waals surface area contributed by atoms with Crippen LogP contribution in [0.2, 0.25) is 28.2 Å². The van der Waals surface area contributed by atoms with E-state index in [-0.39, 0.29) is 29.4 Å². The fourth-order valence-electron chi connectivity index (χ4n) is 4.47. The van der Waals surface area contributed by atoms with Crippen LogP contribution in [0.4, 0.5) is 0 Å². The average molecular weight is 523 g/mol. The maximum atomic E-state index is 13.8. The Morgan fingerprint density at radius 3 is 2.32 bits per heavy atom. The van der Waals surface area contributed by atoms with E-state index in [9.17, 15) is 9.90 Å². The van der Waals surface area contributed by atoms with Crippen LogP contribution in [0.1, 0.15) is 69.0 Å². The predicted molar refractivity (Wildman–Crippen MR) is 143 cm³/mol. The molecule has 0 bridgehead atoms. The number of hydrogen-bond acceptors (Lipinski definition) is 3. The maximum Gasteiger partial charge on any atom is 0.227 e. The van der Waals surface area contributed by atoms with Gasteiger partial charge in [0.1, 0.15) is 0 Å². The fraction of sp³-hybridized carbons (Fsp3) is 0.519. The molecule has 3 atom stereocenters. The van der Waals surface area contributed by atoms with Gasteiger partial charge in [-0.3, -0.25) is 4.79 Å². The van der Waals surface area contributed by atoms with Crippen molar-refractivity contribution in [1.29, 1.82) is 0 Å². The highest BCUT2D eigenvalue weighted by molar-refractivity contribution is 6.74. The molecule has 186 valence electrons. The highest BCUT2D eigenvalue weighted by Crippen LogP contribution is 2.40. The largest absolute Gasteiger partial charge is 0.415 e. The molecule has 1 unspecified atom stereocenters. The molecule has 0 spiro atoms. The third kappa shape index (κ3) is 5.55. The van der Waals surface area contributed by atoms with E-state index in [1.807, 2.05) is 17.0 Å². The van der Waals surface area contributed by atoms with Crippen LogP contribution in [-0.2, 0) is 22.1 Å². The predicted octanol–water partition coefficient (Wildman–Crippen LogP) is 7.13. The molecule has 2 aromatic carbocycles. The first-order chi connectivity index (χ1) is 15.7. The molecule has 1 aliphatic heterocycles. The Bertz CT molecular complexity index is 1030. The van der Waals surface area contributed by atoms with Crippen molar-refractivity contribution in [2.24, 2.45) is 0 Å². The number of fused-ring (bicyclic) bond motifs is 1. The highest BCUT2D eigenvalue weighted by Gasteiger charge is 2.41. The van der Waals surface area contributed by atoms with E-state index in [0.717, 1.165) is 16.7 Å². The number of carbonyl (C=O) groups is 1. The van der Waals surface area contributed by atoms with Gasteiger partial charge in [0.2, 0.25) is 5.91 Å². The minimum absolute atomic E-state index is 0.0283. The summed E-state index contributed by atoms with van der Waals surface area (Å²) < 4.78 is 6.61. The van der Waals surface area contributed by atoms with Gasteiger partial charge in [0, 0.05) is 10.0 Å². The molecule has 1 heterocycles. The molecule has 3 rings (SSSR count). The minimum Gasteiger partial charge on any atom is -0.415 e. The molecule has 1 aliphatic rings. The van der Waals surface area contributed by atoms with E-state index in [4.69, 9.17) is 27.6 Å². The molecule has 0 aromatic heterocycles. The van der Waals surface area contributed by atoms with Gasteiger partial charge in [-0.25, -0.2) is 0 Å². The van der Waals surface area contributed by atoms with Crippen LogP contribution in [0.5, 0.6) is 0 Å². The maximum absolute atomic E-state index is 13.8. The van der Waals surface area contributed by atoms with E-state index in [1.165, 1.54) is 0 Å². The highest BCUT2D eigenvalue weighted by atomic mass is 35.5. The standard InChI is InChI=1S/C27H37Cl2NO3Si/c1-17-20-10-8-11-21(18(2)31)22(20)14-19(16-33-34(6,7)27(3,4)5)30(17)26(32)15-23-24(28)12-9-13-25(23)29/h8-13,17-19,31H,14-16H2,1-7H3/t17-,18?,19+/m0/s1. The Morgan fingerprint density at radius 2 is 1.76 bits per heavy atom. The number of hydrogen-bond donors (Lipinski definition) is 1. The molecule has 1 N–H and O–H groups in total. The molecule has 0 fully saturated rings. The Kier molecular flexibility index (Phi) is 8.26. The number of halogens is 2. The van der Waals surface area contributed by atoms with Crippen molar-refractivity contribution < 1.29 is 14.3 Å². The summed E-state index contributed by atoms with van der Waals surface area (Å²) in [6, 6.07) is 11.0. The number of rotatable bonds is 6. The van der Waals surface area contributed by atoms with E-state index in [1.54, 1.807) is 25.1 Å². The zero-order chi connectivity index (χ0) is 25.4.